The third-order valence-electron chi connectivity index (χ3n) is 4.13. The van der Waals surface area contributed by atoms with Crippen LogP contribution in [0.2, 0.25) is 0 Å². The maximum Gasteiger partial charge on any atom is 0.254 e. The summed E-state index contributed by atoms with van der Waals surface area (Å²) >= 11 is 0. The van der Waals surface area contributed by atoms with E-state index in [0.717, 1.165) is 28.2 Å². The minimum atomic E-state index is -0.0585. The van der Waals surface area contributed by atoms with E-state index >= 15 is 0 Å². The topological polar surface area (TPSA) is 64.2 Å². The Labute approximate surface area is 141 Å². The highest BCUT2D eigenvalue weighted by atomic mass is 16.3. The van der Waals surface area contributed by atoms with Gasteiger partial charge in [0.1, 0.15) is 5.76 Å². The molecule has 6 heteroatoms. The molecule has 0 N–H and O–H groups in total. The number of fused-ring (bicyclic) bond motifs is 1. The smallest absolute Gasteiger partial charge is 0.254 e. The van der Waals surface area contributed by atoms with Crippen molar-refractivity contribution in [1.82, 2.24) is 19.7 Å². The Bertz CT molecular complexity index is 878. The number of rotatable bonds is 4. The summed E-state index contributed by atoms with van der Waals surface area (Å²) in [5.41, 5.74) is 3.09. The number of carbonyl (C=O) groups excluding carboxylic acids is 1. The maximum atomic E-state index is 13.0. The van der Waals surface area contributed by atoms with Crippen LogP contribution in [0.3, 0.4) is 0 Å². The second kappa shape index (κ2) is 6.11. The summed E-state index contributed by atoms with van der Waals surface area (Å²) in [6.45, 7) is 6.46. The van der Waals surface area contributed by atoms with Crippen molar-refractivity contribution >= 4 is 16.9 Å². The Morgan fingerprint density at radius 1 is 1.42 bits per heavy atom. The number of pyridine rings is 1. The molecule has 24 heavy (non-hydrogen) atoms. The summed E-state index contributed by atoms with van der Waals surface area (Å²) in [5.74, 6) is 0.923. The van der Waals surface area contributed by atoms with Crippen LogP contribution in [-0.2, 0) is 13.6 Å². The summed E-state index contributed by atoms with van der Waals surface area (Å²) in [6.07, 6.45) is 1.61. The highest BCUT2D eigenvalue weighted by molar-refractivity contribution is 6.06. The average molecular weight is 326 g/mol. The first-order chi connectivity index (χ1) is 11.4. The number of aromatic nitrogens is 3. The van der Waals surface area contributed by atoms with Crippen molar-refractivity contribution in [2.24, 2.45) is 7.05 Å². The van der Waals surface area contributed by atoms with Gasteiger partial charge in [-0.15, -0.1) is 0 Å². The largest absolute Gasteiger partial charge is 0.467 e. The summed E-state index contributed by atoms with van der Waals surface area (Å²) in [6, 6.07) is 5.57. The molecule has 0 spiro atoms. The van der Waals surface area contributed by atoms with Crippen molar-refractivity contribution in [2.75, 3.05) is 7.05 Å². The SMILES string of the molecule is Cc1nn(C)c2nc(C(C)C)cc(C(=O)N(C)Cc3ccco3)c12. The summed E-state index contributed by atoms with van der Waals surface area (Å²) in [5, 5.41) is 5.25. The van der Waals surface area contributed by atoms with E-state index in [-0.39, 0.29) is 11.8 Å². The molecule has 3 aromatic heterocycles. The third kappa shape index (κ3) is 2.79. The van der Waals surface area contributed by atoms with Gasteiger partial charge in [0.15, 0.2) is 5.65 Å². The van der Waals surface area contributed by atoms with Gasteiger partial charge in [0.2, 0.25) is 0 Å². The number of amides is 1. The first kappa shape index (κ1) is 16.2. The lowest BCUT2D eigenvalue weighted by Crippen LogP contribution is -2.26. The van der Waals surface area contributed by atoms with Crippen LogP contribution in [0.1, 0.15) is 47.3 Å². The van der Waals surface area contributed by atoms with Gasteiger partial charge in [-0.2, -0.15) is 5.10 Å². The molecule has 0 unspecified atom stereocenters. The van der Waals surface area contributed by atoms with Crippen LogP contribution in [0, 0.1) is 6.92 Å². The fourth-order valence-corrected chi connectivity index (χ4v) is 2.84. The fourth-order valence-electron chi connectivity index (χ4n) is 2.84. The standard InChI is InChI=1S/C18H22N4O2/c1-11(2)15-9-14(16-12(3)20-22(5)17(16)19-15)18(23)21(4)10-13-7-6-8-24-13/h6-9,11H,10H2,1-5H3. The van der Waals surface area contributed by atoms with Crippen molar-refractivity contribution in [3.05, 3.63) is 47.2 Å². The normalized spacial score (nSPS) is 11.4. The lowest BCUT2D eigenvalue weighted by Gasteiger charge is -2.17. The summed E-state index contributed by atoms with van der Waals surface area (Å²) < 4.78 is 7.08. The zero-order valence-corrected chi connectivity index (χ0v) is 14.7. The second-order valence-corrected chi connectivity index (χ2v) is 6.40. The van der Waals surface area contributed by atoms with E-state index in [4.69, 9.17) is 4.42 Å². The molecule has 0 aromatic carbocycles. The summed E-state index contributed by atoms with van der Waals surface area (Å²) in [4.78, 5) is 19.4. The lowest BCUT2D eigenvalue weighted by atomic mass is 10.0. The van der Waals surface area contributed by atoms with Gasteiger partial charge in [0.25, 0.3) is 5.91 Å². The highest BCUT2D eigenvalue weighted by Crippen LogP contribution is 2.26. The van der Waals surface area contributed by atoms with Crippen molar-refractivity contribution in [3.8, 4) is 0 Å². The maximum absolute atomic E-state index is 13.0. The quantitative estimate of drug-likeness (QED) is 0.738. The van der Waals surface area contributed by atoms with Crippen molar-refractivity contribution in [1.29, 1.82) is 0 Å². The molecule has 0 saturated carbocycles. The average Bonchev–Trinajstić information content (AvgIpc) is 3.14. The monoisotopic (exact) mass is 326 g/mol. The molecule has 0 saturated heterocycles. The molecule has 3 aromatic rings. The van der Waals surface area contributed by atoms with E-state index in [2.05, 4.69) is 23.9 Å². The number of aryl methyl sites for hydroxylation is 2. The van der Waals surface area contributed by atoms with Crippen LogP contribution in [0.5, 0.6) is 0 Å². The number of carbonyl (C=O) groups is 1. The van der Waals surface area contributed by atoms with Gasteiger partial charge in [-0.25, -0.2) is 4.98 Å². The first-order valence-electron chi connectivity index (χ1n) is 8.00. The molecular formula is C18H22N4O2. The van der Waals surface area contributed by atoms with Gasteiger partial charge in [0, 0.05) is 19.8 Å². The van der Waals surface area contributed by atoms with Crippen LogP contribution in [0.4, 0.5) is 0 Å². The molecular weight excluding hydrogens is 304 g/mol. The van der Waals surface area contributed by atoms with Crippen molar-refractivity contribution in [3.63, 3.8) is 0 Å². The number of hydrogen-bond acceptors (Lipinski definition) is 4. The first-order valence-corrected chi connectivity index (χ1v) is 8.00. The van der Waals surface area contributed by atoms with E-state index in [1.165, 1.54) is 0 Å². The predicted octanol–water partition coefficient (Wildman–Crippen LogP) is 3.27. The second-order valence-electron chi connectivity index (χ2n) is 6.40. The van der Waals surface area contributed by atoms with Crippen molar-refractivity contribution in [2.45, 2.75) is 33.2 Å². The van der Waals surface area contributed by atoms with Crippen molar-refractivity contribution < 1.29 is 9.21 Å². The van der Waals surface area contributed by atoms with Crippen LogP contribution >= 0.6 is 0 Å². The molecule has 0 aliphatic rings. The zero-order chi connectivity index (χ0) is 17.4. The van der Waals surface area contributed by atoms with Gasteiger partial charge >= 0.3 is 0 Å². The van der Waals surface area contributed by atoms with E-state index < -0.39 is 0 Å². The Balaban J connectivity index is 2.08. The number of furan rings is 1. The van der Waals surface area contributed by atoms with E-state index in [0.29, 0.717) is 12.1 Å². The Kier molecular flexibility index (Phi) is 4.13. The third-order valence-corrected chi connectivity index (χ3v) is 4.13. The fraction of sp³-hybridized carbons (Fsp3) is 0.389. The molecule has 0 radical (unpaired) electrons. The zero-order valence-electron chi connectivity index (χ0n) is 14.7. The van der Waals surface area contributed by atoms with E-state index in [1.54, 1.807) is 22.9 Å². The van der Waals surface area contributed by atoms with E-state index in [1.807, 2.05) is 32.2 Å². The lowest BCUT2D eigenvalue weighted by molar-refractivity contribution is 0.0777. The Hall–Kier alpha value is -2.63. The van der Waals surface area contributed by atoms with Crippen LogP contribution in [-0.4, -0.2) is 32.6 Å². The Morgan fingerprint density at radius 2 is 2.17 bits per heavy atom. The number of nitrogens with zero attached hydrogens (tertiary/aromatic N) is 4. The molecule has 1 amide bonds. The predicted molar refractivity (Wildman–Crippen MR) is 91.8 cm³/mol. The van der Waals surface area contributed by atoms with Gasteiger partial charge in [-0.3, -0.25) is 9.48 Å². The molecule has 0 aliphatic carbocycles. The molecule has 3 heterocycles. The molecule has 0 aliphatic heterocycles. The van der Waals surface area contributed by atoms with E-state index in [9.17, 15) is 4.79 Å². The van der Waals surface area contributed by atoms with Gasteiger partial charge in [0.05, 0.1) is 29.5 Å². The molecule has 126 valence electrons. The van der Waals surface area contributed by atoms with Gasteiger partial charge in [-0.05, 0) is 31.0 Å². The molecule has 0 atom stereocenters. The van der Waals surface area contributed by atoms with Gasteiger partial charge < -0.3 is 9.32 Å². The molecule has 6 nitrogen and oxygen atoms in total. The molecule has 3 rings (SSSR count). The summed E-state index contributed by atoms with van der Waals surface area (Å²) in [7, 11) is 3.63. The minimum Gasteiger partial charge on any atom is -0.467 e. The highest BCUT2D eigenvalue weighted by Gasteiger charge is 2.22. The number of hydrogen-bond donors (Lipinski definition) is 0. The Morgan fingerprint density at radius 3 is 2.79 bits per heavy atom. The van der Waals surface area contributed by atoms with Crippen LogP contribution < -0.4 is 0 Å². The van der Waals surface area contributed by atoms with Gasteiger partial charge in [-0.1, -0.05) is 13.8 Å². The van der Waals surface area contributed by atoms with Crippen LogP contribution in [0.15, 0.2) is 28.9 Å². The molecule has 0 fully saturated rings. The van der Waals surface area contributed by atoms with Crippen LogP contribution in [0.25, 0.3) is 11.0 Å². The minimum absolute atomic E-state index is 0.0585. The molecule has 0 bridgehead atoms.